The Labute approximate surface area is 279 Å². The zero-order chi connectivity index (χ0) is 28.2. The van der Waals surface area contributed by atoms with Crippen LogP contribution in [-0.2, 0) is 17.7 Å². The van der Waals surface area contributed by atoms with Crippen LogP contribution >= 0.6 is 37.2 Å². The number of hydrogen-bond donors (Lipinski definition) is 2. The van der Waals surface area contributed by atoms with Crippen molar-refractivity contribution in [3.63, 3.8) is 0 Å². The molecule has 0 bridgehead atoms. The van der Waals surface area contributed by atoms with Crippen LogP contribution in [-0.4, -0.2) is 88.4 Å². The molecule has 0 unspecified atom stereocenters. The maximum atomic E-state index is 14.3. The second kappa shape index (κ2) is 16.4. The van der Waals surface area contributed by atoms with E-state index in [2.05, 4.69) is 39.0 Å². The summed E-state index contributed by atoms with van der Waals surface area (Å²) in [4.78, 5) is 23.6. The van der Waals surface area contributed by atoms with Gasteiger partial charge in [-0.25, -0.2) is 4.98 Å². The highest BCUT2D eigenvalue weighted by Crippen LogP contribution is 2.41. The van der Waals surface area contributed by atoms with Crippen LogP contribution in [0.4, 0.5) is 0 Å². The standard InChI is InChI=1S/C33H43N5O3.3ClH/c1-41-23-33(40)16-8-7-13-29(33)38-24-35-30(31(38)26-10-3-2-4-11-26)32(39)37-20-17-34-21-28(37)15-19-36-18-14-25-9-5-6-12-27(25)22-36;;;/h2-6,9-12,24,28-29,34,40H,7-8,13-23H2,1H3;3*1H/t28-,29-,33-;;;/m1.../s1. The minimum Gasteiger partial charge on any atom is -0.385 e. The molecule has 3 atom stereocenters. The molecule has 1 aromatic heterocycles. The van der Waals surface area contributed by atoms with Crippen LogP contribution < -0.4 is 5.32 Å². The van der Waals surface area contributed by atoms with Crippen molar-refractivity contribution in [3.8, 4) is 11.3 Å². The lowest BCUT2D eigenvalue weighted by Gasteiger charge is -2.41. The van der Waals surface area contributed by atoms with Crippen molar-refractivity contribution >= 4 is 43.1 Å². The molecule has 2 aliphatic heterocycles. The Hall–Kier alpha value is -2.17. The van der Waals surface area contributed by atoms with Crippen molar-refractivity contribution < 1.29 is 14.6 Å². The molecule has 2 N–H and O–H groups in total. The molecular formula is C33H46Cl3N5O3. The molecule has 8 nitrogen and oxygen atoms in total. The summed E-state index contributed by atoms with van der Waals surface area (Å²) in [5.74, 6) is -0.0239. The first-order valence-electron chi connectivity index (χ1n) is 15.2. The molecule has 11 heteroatoms. The predicted octanol–water partition coefficient (Wildman–Crippen LogP) is 5.17. The summed E-state index contributed by atoms with van der Waals surface area (Å²) in [6.07, 6.45) is 7.24. The van der Waals surface area contributed by atoms with Crippen LogP contribution in [0, 0.1) is 0 Å². The molecule has 0 radical (unpaired) electrons. The largest absolute Gasteiger partial charge is 0.385 e. The topological polar surface area (TPSA) is 82.9 Å². The number of hydrogen-bond acceptors (Lipinski definition) is 6. The molecule has 3 aliphatic rings. The van der Waals surface area contributed by atoms with Crippen LogP contribution in [0.2, 0.25) is 0 Å². The highest BCUT2D eigenvalue weighted by atomic mass is 35.5. The van der Waals surface area contributed by atoms with Gasteiger partial charge in [0.25, 0.3) is 5.91 Å². The number of nitrogens with zero attached hydrogens (tertiary/aromatic N) is 4. The first-order valence-corrected chi connectivity index (χ1v) is 15.2. The normalized spacial score (nSPS) is 23.5. The second-order valence-corrected chi connectivity index (χ2v) is 12.0. The Morgan fingerprint density at radius 3 is 2.57 bits per heavy atom. The zero-order valence-corrected chi connectivity index (χ0v) is 27.8. The van der Waals surface area contributed by atoms with Gasteiger partial charge in [-0.15, -0.1) is 37.2 Å². The minimum absolute atomic E-state index is 0. The van der Waals surface area contributed by atoms with Crippen LogP contribution in [0.5, 0.6) is 0 Å². The van der Waals surface area contributed by atoms with E-state index in [1.165, 1.54) is 11.1 Å². The molecule has 2 aromatic carbocycles. The van der Waals surface area contributed by atoms with E-state index < -0.39 is 5.60 Å². The average Bonchev–Trinajstić information content (AvgIpc) is 3.45. The molecule has 6 rings (SSSR count). The number of aromatic nitrogens is 2. The Kier molecular flexibility index (Phi) is 13.5. The molecule has 1 amide bonds. The van der Waals surface area contributed by atoms with Gasteiger partial charge in [0, 0.05) is 58.0 Å². The Balaban J connectivity index is 0.00000176. The van der Waals surface area contributed by atoms with Gasteiger partial charge in [0.2, 0.25) is 0 Å². The van der Waals surface area contributed by atoms with Crippen molar-refractivity contribution in [1.82, 2.24) is 24.7 Å². The van der Waals surface area contributed by atoms with Crippen LogP contribution in [0.1, 0.15) is 59.8 Å². The number of carbonyl (C=O) groups excluding carboxylic acids is 1. The van der Waals surface area contributed by atoms with Crippen LogP contribution in [0.15, 0.2) is 60.9 Å². The third-order valence-electron chi connectivity index (χ3n) is 9.33. The van der Waals surface area contributed by atoms with Gasteiger partial charge in [-0.2, -0.15) is 0 Å². The Morgan fingerprint density at radius 1 is 1.05 bits per heavy atom. The fourth-order valence-electron chi connectivity index (χ4n) is 7.15. The van der Waals surface area contributed by atoms with Gasteiger partial charge in [-0.1, -0.05) is 67.4 Å². The molecule has 2 fully saturated rings. The number of ether oxygens (including phenoxy) is 1. The number of nitrogens with one attached hydrogen (secondary N) is 1. The van der Waals surface area contributed by atoms with E-state index >= 15 is 0 Å². The quantitative estimate of drug-likeness (QED) is 0.345. The first kappa shape index (κ1) is 36.3. The summed E-state index contributed by atoms with van der Waals surface area (Å²) in [6.45, 7) is 5.46. The van der Waals surface area contributed by atoms with Crippen molar-refractivity contribution in [1.29, 1.82) is 0 Å². The predicted molar refractivity (Wildman–Crippen MR) is 181 cm³/mol. The van der Waals surface area contributed by atoms with Gasteiger partial charge in [-0.05, 0) is 36.8 Å². The van der Waals surface area contributed by atoms with Gasteiger partial charge in [0.1, 0.15) is 5.60 Å². The Bertz CT molecular complexity index is 1340. The van der Waals surface area contributed by atoms with Crippen molar-refractivity contribution in [3.05, 3.63) is 77.7 Å². The molecular weight excluding hydrogens is 621 g/mol. The minimum atomic E-state index is -0.998. The zero-order valence-electron chi connectivity index (χ0n) is 25.4. The molecule has 3 aromatic rings. The Morgan fingerprint density at radius 2 is 1.80 bits per heavy atom. The van der Waals surface area contributed by atoms with Crippen molar-refractivity contribution in [2.24, 2.45) is 0 Å². The van der Waals surface area contributed by atoms with E-state index in [0.29, 0.717) is 18.7 Å². The van der Waals surface area contributed by atoms with Crippen molar-refractivity contribution in [2.75, 3.05) is 46.4 Å². The maximum absolute atomic E-state index is 14.3. The lowest BCUT2D eigenvalue weighted by atomic mass is 9.80. The first-order chi connectivity index (χ1) is 20.1. The molecule has 1 saturated heterocycles. The van der Waals surface area contributed by atoms with Crippen LogP contribution in [0.25, 0.3) is 11.3 Å². The average molecular weight is 667 g/mol. The third-order valence-corrected chi connectivity index (χ3v) is 9.33. The fraction of sp³-hybridized carbons (Fsp3) is 0.515. The van der Waals surface area contributed by atoms with Gasteiger partial charge in [-0.3, -0.25) is 9.69 Å². The highest BCUT2D eigenvalue weighted by Gasteiger charge is 2.42. The monoisotopic (exact) mass is 665 g/mol. The van der Waals surface area contributed by atoms with E-state index in [4.69, 9.17) is 9.72 Å². The summed E-state index contributed by atoms with van der Waals surface area (Å²) in [6, 6.07) is 18.7. The van der Waals surface area contributed by atoms with E-state index in [0.717, 1.165) is 76.1 Å². The molecule has 44 heavy (non-hydrogen) atoms. The number of methoxy groups -OCH3 is 1. The number of rotatable bonds is 8. The molecule has 1 aliphatic carbocycles. The SMILES string of the molecule is COC[C@]1(O)CCCC[C@H]1n1cnc(C(=O)N2CCNC[C@H]2CCN2CCc3ccccc3C2)c1-c1ccccc1.Cl.Cl.Cl. The molecule has 0 spiro atoms. The number of amides is 1. The van der Waals surface area contributed by atoms with E-state index in [1.807, 2.05) is 35.2 Å². The van der Waals surface area contributed by atoms with E-state index in [9.17, 15) is 9.90 Å². The van der Waals surface area contributed by atoms with E-state index in [-0.39, 0.29) is 61.8 Å². The molecule has 1 saturated carbocycles. The van der Waals surface area contributed by atoms with Crippen LogP contribution in [0.3, 0.4) is 0 Å². The summed E-state index contributed by atoms with van der Waals surface area (Å²) >= 11 is 0. The lowest BCUT2D eigenvalue weighted by Crippen LogP contribution is -2.54. The fourth-order valence-corrected chi connectivity index (χ4v) is 7.15. The third kappa shape index (κ3) is 7.61. The van der Waals surface area contributed by atoms with Crippen molar-refractivity contribution in [2.45, 2.75) is 62.8 Å². The number of carbonyl (C=O) groups is 1. The summed E-state index contributed by atoms with van der Waals surface area (Å²) < 4.78 is 7.53. The van der Waals surface area contributed by atoms with Gasteiger partial charge < -0.3 is 24.6 Å². The summed E-state index contributed by atoms with van der Waals surface area (Å²) in [5, 5.41) is 15.2. The van der Waals surface area contributed by atoms with E-state index in [1.54, 1.807) is 13.4 Å². The maximum Gasteiger partial charge on any atom is 0.275 e. The van der Waals surface area contributed by atoms with Gasteiger partial charge in [0.05, 0.1) is 24.7 Å². The number of benzene rings is 2. The second-order valence-electron chi connectivity index (χ2n) is 12.0. The highest BCUT2D eigenvalue weighted by molar-refractivity contribution is 5.98. The number of aliphatic hydroxyl groups is 1. The molecule has 242 valence electrons. The number of imidazole rings is 1. The number of piperazine rings is 1. The summed E-state index contributed by atoms with van der Waals surface area (Å²) in [7, 11) is 1.64. The summed E-state index contributed by atoms with van der Waals surface area (Å²) in [5.41, 5.74) is 4.09. The molecule has 3 heterocycles. The van der Waals surface area contributed by atoms with Gasteiger partial charge >= 0.3 is 0 Å². The van der Waals surface area contributed by atoms with Gasteiger partial charge in [0.15, 0.2) is 5.69 Å². The lowest BCUT2D eigenvalue weighted by molar-refractivity contribution is -0.0893. The number of halogens is 3. The number of fused-ring (bicyclic) bond motifs is 1. The smallest absolute Gasteiger partial charge is 0.275 e.